The fraction of sp³-hybridized carbons (Fsp3) is 1.00. The van der Waals surface area contributed by atoms with Crippen molar-refractivity contribution < 1.29 is 8.92 Å². The van der Waals surface area contributed by atoms with Crippen LogP contribution in [0.15, 0.2) is 0 Å². The third-order valence-electron chi connectivity index (χ3n) is 0.423. The van der Waals surface area contributed by atoms with Crippen molar-refractivity contribution in [3.63, 3.8) is 0 Å². The molecule has 0 fully saturated rings. The van der Waals surface area contributed by atoms with Gasteiger partial charge in [0.25, 0.3) is 0 Å². The van der Waals surface area contributed by atoms with Crippen LogP contribution in [0.4, 0.5) is 0 Å². The summed E-state index contributed by atoms with van der Waals surface area (Å²) in [7, 11) is 1.63. The summed E-state index contributed by atoms with van der Waals surface area (Å²) in [6, 6.07) is 0. The van der Waals surface area contributed by atoms with E-state index in [1.807, 2.05) is 0 Å². The molecule has 44 valence electrons. The molecular weight excluding hydrogens is 132 g/mol. The van der Waals surface area contributed by atoms with Crippen LogP contribution in [0.5, 0.6) is 0 Å². The largest absolute Gasteiger partial charge is 0.382 e. The molecule has 0 radical (unpaired) electrons. The first kappa shape index (κ1) is 7.62. The molecular formula is C3H8O2S2. The van der Waals surface area contributed by atoms with Crippen LogP contribution in [0.2, 0.25) is 0 Å². The second kappa shape index (κ2) is 6.62. The van der Waals surface area contributed by atoms with E-state index in [1.54, 1.807) is 7.11 Å². The van der Waals surface area contributed by atoms with Crippen molar-refractivity contribution in [2.24, 2.45) is 0 Å². The SMILES string of the molecule is COCCOSS. The highest BCUT2D eigenvalue weighted by atomic mass is 33.1. The van der Waals surface area contributed by atoms with Crippen LogP contribution in [-0.4, -0.2) is 20.3 Å². The molecule has 4 heteroatoms. The first-order valence-electron chi connectivity index (χ1n) is 1.83. The molecule has 0 aliphatic heterocycles. The zero-order valence-corrected chi connectivity index (χ0v) is 5.80. The first-order valence-corrected chi connectivity index (χ1v) is 3.63. The van der Waals surface area contributed by atoms with Crippen LogP contribution in [0.1, 0.15) is 0 Å². The summed E-state index contributed by atoms with van der Waals surface area (Å²) >= 11 is 4.79. The maximum absolute atomic E-state index is 4.73. The Labute approximate surface area is 52.6 Å². The normalized spacial score (nSPS) is 9.43. The quantitative estimate of drug-likeness (QED) is 0.273. The van der Waals surface area contributed by atoms with E-state index in [1.165, 1.54) is 0 Å². The maximum Gasteiger partial charge on any atom is 0.0857 e. The Morgan fingerprint density at radius 3 is 2.71 bits per heavy atom. The van der Waals surface area contributed by atoms with E-state index in [0.29, 0.717) is 13.2 Å². The average Bonchev–Trinajstić information content (AvgIpc) is 1.69. The summed E-state index contributed by atoms with van der Waals surface area (Å²) in [6.45, 7) is 1.23. The fourth-order valence-corrected chi connectivity index (χ4v) is 0.521. The van der Waals surface area contributed by atoms with E-state index in [-0.39, 0.29) is 0 Å². The number of methoxy groups -OCH3 is 1. The van der Waals surface area contributed by atoms with E-state index in [9.17, 15) is 0 Å². The third kappa shape index (κ3) is 6.62. The maximum atomic E-state index is 4.73. The summed E-state index contributed by atoms with van der Waals surface area (Å²) in [5, 5.41) is 0. The fourth-order valence-electron chi connectivity index (χ4n) is 0.155. The predicted molar refractivity (Wildman–Crippen MR) is 34.4 cm³/mol. The Bertz CT molecular complexity index is 30.1. The van der Waals surface area contributed by atoms with Crippen molar-refractivity contribution in [2.45, 2.75) is 0 Å². The molecule has 0 N–H and O–H groups in total. The molecule has 0 aliphatic carbocycles. The van der Waals surface area contributed by atoms with Gasteiger partial charge in [0.15, 0.2) is 0 Å². The van der Waals surface area contributed by atoms with Gasteiger partial charge in [0.05, 0.1) is 24.3 Å². The Kier molecular flexibility index (Phi) is 7.21. The smallest absolute Gasteiger partial charge is 0.0857 e. The van der Waals surface area contributed by atoms with E-state index < -0.39 is 0 Å². The minimum absolute atomic E-state index is 0.602. The molecule has 0 amide bonds. The van der Waals surface area contributed by atoms with Crippen molar-refractivity contribution in [3.8, 4) is 0 Å². The predicted octanol–water partition coefficient (Wildman–Crippen LogP) is 1.14. The lowest BCUT2D eigenvalue weighted by atomic mass is 10.8. The Balaban J connectivity index is 2.45. The van der Waals surface area contributed by atoms with Gasteiger partial charge in [0.2, 0.25) is 0 Å². The monoisotopic (exact) mass is 140 g/mol. The first-order chi connectivity index (χ1) is 3.41. The number of rotatable bonds is 4. The van der Waals surface area contributed by atoms with Crippen molar-refractivity contribution in [1.82, 2.24) is 0 Å². The van der Waals surface area contributed by atoms with E-state index >= 15 is 0 Å². The molecule has 7 heavy (non-hydrogen) atoms. The highest BCUT2D eigenvalue weighted by molar-refractivity contribution is 8.66. The lowest BCUT2D eigenvalue weighted by molar-refractivity contribution is 0.158. The van der Waals surface area contributed by atoms with Gasteiger partial charge in [0.1, 0.15) is 0 Å². The van der Waals surface area contributed by atoms with Gasteiger partial charge >= 0.3 is 0 Å². The van der Waals surface area contributed by atoms with Crippen LogP contribution >= 0.6 is 22.7 Å². The van der Waals surface area contributed by atoms with Crippen molar-refractivity contribution in [1.29, 1.82) is 0 Å². The summed E-state index contributed by atoms with van der Waals surface area (Å²) < 4.78 is 9.40. The molecule has 0 rings (SSSR count). The van der Waals surface area contributed by atoms with Crippen LogP contribution < -0.4 is 0 Å². The van der Waals surface area contributed by atoms with Gasteiger partial charge in [-0.3, -0.25) is 0 Å². The summed E-state index contributed by atoms with van der Waals surface area (Å²) in [5.74, 6) is 0. The van der Waals surface area contributed by atoms with Gasteiger partial charge in [-0.15, -0.1) is 0 Å². The number of ether oxygens (including phenoxy) is 1. The lowest BCUT2D eigenvalue weighted by Gasteiger charge is -1.93. The van der Waals surface area contributed by atoms with E-state index in [0.717, 1.165) is 11.1 Å². The zero-order valence-electron chi connectivity index (χ0n) is 4.09. The molecule has 2 nitrogen and oxygen atoms in total. The average molecular weight is 140 g/mol. The second-order valence-corrected chi connectivity index (χ2v) is 1.72. The molecule has 0 heterocycles. The van der Waals surface area contributed by atoms with E-state index in [2.05, 4.69) is 16.4 Å². The Morgan fingerprint density at radius 2 is 2.29 bits per heavy atom. The van der Waals surface area contributed by atoms with Gasteiger partial charge in [-0.25, -0.2) is 0 Å². The molecule has 0 saturated carbocycles. The highest BCUT2D eigenvalue weighted by Gasteiger charge is 1.79. The molecule has 0 unspecified atom stereocenters. The minimum atomic E-state index is 0.602. The standard InChI is InChI=1S/C3H8O2S2/c1-4-2-3-5-7-6/h6H,2-3H2,1H3. The van der Waals surface area contributed by atoms with Crippen molar-refractivity contribution >= 4 is 22.7 Å². The molecule has 0 aromatic carbocycles. The number of thiol groups is 1. The van der Waals surface area contributed by atoms with Crippen molar-refractivity contribution in [3.05, 3.63) is 0 Å². The minimum Gasteiger partial charge on any atom is -0.382 e. The topological polar surface area (TPSA) is 18.5 Å². The summed E-state index contributed by atoms with van der Waals surface area (Å²) in [6.07, 6.45) is 0. The highest BCUT2D eigenvalue weighted by Crippen LogP contribution is 2.04. The zero-order chi connectivity index (χ0) is 5.54. The summed E-state index contributed by atoms with van der Waals surface area (Å²) in [5.41, 5.74) is 0. The molecule has 0 atom stereocenters. The number of hydrogen-bond acceptors (Lipinski definition) is 4. The van der Waals surface area contributed by atoms with Crippen LogP contribution in [0, 0.1) is 0 Å². The lowest BCUT2D eigenvalue weighted by Crippen LogP contribution is -1.94. The summed E-state index contributed by atoms with van der Waals surface area (Å²) in [4.78, 5) is 0. The van der Waals surface area contributed by atoms with Gasteiger partial charge in [-0.1, -0.05) is 11.7 Å². The van der Waals surface area contributed by atoms with Gasteiger partial charge in [-0.05, 0) is 0 Å². The molecule has 0 saturated heterocycles. The Morgan fingerprint density at radius 1 is 1.57 bits per heavy atom. The van der Waals surface area contributed by atoms with Gasteiger partial charge in [-0.2, -0.15) is 0 Å². The van der Waals surface area contributed by atoms with E-state index in [4.69, 9.17) is 4.18 Å². The number of hydrogen-bond donors (Lipinski definition) is 1. The second-order valence-electron chi connectivity index (χ2n) is 0.889. The van der Waals surface area contributed by atoms with Gasteiger partial charge in [0, 0.05) is 7.11 Å². The van der Waals surface area contributed by atoms with Crippen LogP contribution in [0.3, 0.4) is 0 Å². The Hall–Kier alpha value is 0.620. The third-order valence-corrected chi connectivity index (χ3v) is 1.01. The van der Waals surface area contributed by atoms with Gasteiger partial charge < -0.3 is 8.92 Å². The van der Waals surface area contributed by atoms with Crippen LogP contribution in [0.25, 0.3) is 0 Å². The molecule has 0 aliphatic rings. The molecule has 0 bridgehead atoms. The van der Waals surface area contributed by atoms with Crippen LogP contribution in [-0.2, 0) is 8.92 Å². The molecule has 0 aromatic rings. The van der Waals surface area contributed by atoms with Crippen molar-refractivity contribution in [2.75, 3.05) is 20.3 Å². The molecule has 0 aromatic heterocycles. The molecule has 0 spiro atoms.